The minimum absolute atomic E-state index is 0.389. The van der Waals surface area contributed by atoms with E-state index in [1.165, 1.54) is 44.9 Å². The molecule has 0 heterocycles. The molecule has 0 fully saturated rings. The van der Waals surface area contributed by atoms with Crippen LogP contribution in [0, 0.1) is 0 Å². The molecule has 152 valence electrons. The quantitative estimate of drug-likeness (QED) is 0.227. The molecule has 2 rings (SSSR count). The average Bonchev–Trinajstić information content (AvgIpc) is 2.73. The van der Waals surface area contributed by atoms with Gasteiger partial charge in [-0.2, -0.15) is 0 Å². The monoisotopic (exact) mass is 384 g/mol. The molecule has 0 aliphatic heterocycles. The van der Waals surface area contributed by atoms with Gasteiger partial charge in [0.1, 0.15) is 17.2 Å². The number of unbranched alkanes of at least 4 members (excludes halogenated alkanes) is 7. The molecule has 0 aliphatic rings. The second-order valence-electron chi connectivity index (χ2n) is 6.91. The zero-order valence-corrected chi connectivity index (χ0v) is 17.1. The van der Waals surface area contributed by atoms with Gasteiger partial charge in [0, 0.05) is 0 Å². The number of benzene rings is 2. The minimum atomic E-state index is -0.389. The average molecular weight is 385 g/mol. The lowest BCUT2D eigenvalue weighted by molar-refractivity contribution is 0.0734. The van der Waals surface area contributed by atoms with Crippen LogP contribution >= 0.6 is 0 Å². The van der Waals surface area contributed by atoms with Crippen molar-refractivity contribution in [1.82, 2.24) is 0 Å². The van der Waals surface area contributed by atoms with E-state index in [1.807, 2.05) is 12.1 Å². The van der Waals surface area contributed by atoms with Gasteiger partial charge in [-0.1, -0.05) is 51.9 Å². The summed E-state index contributed by atoms with van der Waals surface area (Å²) >= 11 is 0. The Morgan fingerprint density at radius 3 is 1.86 bits per heavy atom. The highest BCUT2D eigenvalue weighted by Gasteiger charge is 2.09. The smallest absolute Gasteiger partial charge is 0.343 e. The van der Waals surface area contributed by atoms with Crippen molar-refractivity contribution in [1.29, 1.82) is 0 Å². The molecule has 0 amide bonds. The van der Waals surface area contributed by atoms with Gasteiger partial charge in [0.2, 0.25) is 0 Å². The molecule has 2 aromatic carbocycles. The predicted octanol–water partition coefficient (Wildman–Crippen LogP) is 6.43. The number of carbonyl (C=O) groups excluding carboxylic acids is 1. The van der Waals surface area contributed by atoms with Crippen molar-refractivity contribution in [2.24, 2.45) is 0 Å². The van der Waals surface area contributed by atoms with E-state index in [9.17, 15) is 4.79 Å². The lowest BCUT2D eigenvalue weighted by Crippen LogP contribution is -2.08. The Morgan fingerprint density at radius 1 is 0.714 bits per heavy atom. The van der Waals surface area contributed by atoms with Crippen molar-refractivity contribution in [2.45, 2.75) is 58.3 Å². The number of hydrogen-bond acceptors (Lipinski definition) is 4. The molecule has 4 nitrogen and oxygen atoms in total. The number of ether oxygens (including phenoxy) is 3. The van der Waals surface area contributed by atoms with E-state index in [4.69, 9.17) is 14.2 Å². The van der Waals surface area contributed by atoms with E-state index >= 15 is 0 Å². The van der Waals surface area contributed by atoms with Crippen LogP contribution in [0.15, 0.2) is 48.5 Å². The molecule has 4 heteroatoms. The van der Waals surface area contributed by atoms with Crippen LogP contribution in [0.2, 0.25) is 0 Å². The number of carbonyl (C=O) groups is 1. The Balaban J connectivity index is 1.65. The normalized spacial score (nSPS) is 10.5. The van der Waals surface area contributed by atoms with Gasteiger partial charge < -0.3 is 14.2 Å². The lowest BCUT2D eigenvalue weighted by Gasteiger charge is -2.08. The maximum atomic E-state index is 12.2. The molecule has 0 spiro atoms. The highest BCUT2D eigenvalue weighted by atomic mass is 16.5. The molecule has 0 saturated carbocycles. The summed E-state index contributed by atoms with van der Waals surface area (Å²) in [5.41, 5.74) is 0.496. The van der Waals surface area contributed by atoms with Crippen molar-refractivity contribution >= 4 is 5.97 Å². The van der Waals surface area contributed by atoms with E-state index in [0.29, 0.717) is 17.9 Å². The van der Waals surface area contributed by atoms with E-state index in [2.05, 4.69) is 6.92 Å². The van der Waals surface area contributed by atoms with Crippen molar-refractivity contribution in [3.8, 4) is 17.2 Å². The van der Waals surface area contributed by atoms with E-state index < -0.39 is 0 Å². The van der Waals surface area contributed by atoms with Gasteiger partial charge >= 0.3 is 5.97 Å². The van der Waals surface area contributed by atoms with Gasteiger partial charge in [-0.05, 0) is 55.0 Å². The van der Waals surface area contributed by atoms with E-state index in [1.54, 1.807) is 43.5 Å². The van der Waals surface area contributed by atoms with Crippen LogP contribution in [0.3, 0.4) is 0 Å². The lowest BCUT2D eigenvalue weighted by atomic mass is 10.1. The van der Waals surface area contributed by atoms with Gasteiger partial charge in [0.15, 0.2) is 0 Å². The molecule has 0 N–H and O–H groups in total. The highest BCUT2D eigenvalue weighted by Crippen LogP contribution is 2.19. The molecule has 0 bridgehead atoms. The number of methoxy groups -OCH3 is 1. The Labute approximate surface area is 168 Å². The predicted molar refractivity (Wildman–Crippen MR) is 112 cm³/mol. The summed E-state index contributed by atoms with van der Waals surface area (Å²) in [4.78, 5) is 12.2. The van der Waals surface area contributed by atoms with E-state index in [-0.39, 0.29) is 5.97 Å². The van der Waals surface area contributed by atoms with Crippen molar-refractivity contribution in [2.75, 3.05) is 13.7 Å². The van der Waals surface area contributed by atoms with Gasteiger partial charge in [-0.15, -0.1) is 0 Å². The molecule has 0 radical (unpaired) electrons. The van der Waals surface area contributed by atoms with Crippen LogP contribution in [0.1, 0.15) is 68.6 Å². The topological polar surface area (TPSA) is 44.8 Å². The Bertz CT molecular complexity index is 677. The third-order valence-electron chi connectivity index (χ3n) is 4.63. The SMILES string of the molecule is CCCCCCCCCCOc1ccc(C(=O)Oc2ccc(OC)cc2)cc1. The van der Waals surface area contributed by atoms with Crippen molar-refractivity contribution < 1.29 is 19.0 Å². The number of rotatable bonds is 13. The van der Waals surface area contributed by atoms with Crippen LogP contribution in [0.25, 0.3) is 0 Å². The zero-order chi connectivity index (χ0) is 20.0. The fourth-order valence-electron chi connectivity index (χ4n) is 2.92. The minimum Gasteiger partial charge on any atom is -0.497 e. The fourth-order valence-corrected chi connectivity index (χ4v) is 2.92. The maximum absolute atomic E-state index is 12.2. The first-order valence-corrected chi connectivity index (χ1v) is 10.3. The van der Waals surface area contributed by atoms with Crippen LogP contribution in [0.4, 0.5) is 0 Å². The zero-order valence-electron chi connectivity index (χ0n) is 17.1. The van der Waals surface area contributed by atoms with Crippen LogP contribution < -0.4 is 14.2 Å². The van der Waals surface area contributed by atoms with Gasteiger partial charge in [-0.25, -0.2) is 4.79 Å². The maximum Gasteiger partial charge on any atom is 0.343 e. The summed E-state index contributed by atoms with van der Waals surface area (Å²) in [5, 5.41) is 0. The molecule has 0 aliphatic carbocycles. The second kappa shape index (κ2) is 12.8. The summed E-state index contributed by atoms with van der Waals surface area (Å²) in [6.45, 7) is 2.96. The van der Waals surface area contributed by atoms with Crippen LogP contribution in [0.5, 0.6) is 17.2 Å². The summed E-state index contributed by atoms with van der Waals surface area (Å²) in [5.74, 6) is 1.60. The molecule has 2 aromatic rings. The summed E-state index contributed by atoms with van der Waals surface area (Å²) in [7, 11) is 1.60. The van der Waals surface area contributed by atoms with Gasteiger partial charge in [-0.3, -0.25) is 0 Å². The molecule has 0 aromatic heterocycles. The largest absolute Gasteiger partial charge is 0.497 e. The molecular formula is C24H32O4. The summed E-state index contributed by atoms with van der Waals surface area (Å²) in [6.07, 6.45) is 10.2. The van der Waals surface area contributed by atoms with Crippen molar-refractivity contribution in [3.05, 3.63) is 54.1 Å². The highest BCUT2D eigenvalue weighted by molar-refractivity contribution is 5.91. The van der Waals surface area contributed by atoms with Crippen LogP contribution in [-0.2, 0) is 0 Å². The summed E-state index contributed by atoms with van der Waals surface area (Å²) in [6, 6.07) is 14.0. The Hall–Kier alpha value is -2.49. The molecular weight excluding hydrogens is 352 g/mol. The third kappa shape index (κ3) is 8.03. The Morgan fingerprint density at radius 2 is 1.25 bits per heavy atom. The first-order valence-electron chi connectivity index (χ1n) is 10.3. The summed E-state index contributed by atoms with van der Waals surface area (Å²) < 4.78 is 16.2. The molecule has 28 heavy (non-hydrogen) atoms. The number of esters is 1. The van der Waals surface area contributed by atoms with Crippen LogP contribution in [-0.4, -0.2) is 19.7 Å². The first-order chi connectivity index (χ1) is 13.7. The fraction of sp³-hybridized carbons (Fsp3) is 0.458. The molecule has 0 unspecified atom stereocenters. The van der Waals surface area contributed by atoms with Crippen molar-refractivity contribution in [3.63, 3.8) is 0 Å². The Kier molecular flexibility index (Phi) is 9.98. The first kappa shape index (κ1) is 21.8. The molecule has 0 atom stereocenters. The number of hydrogen-bond donors (Lipinski definition) is 0. The third-order valence-corrected chi connectivity index (χ3v) is 4.63. The van der Waals surface area contributed by atoms with E-state index in [0.717, 1.165) is 17.9 Å². The van der Waals surface area contributed by atoms with Gasteiger partial charge in [0.05, 0.1) is 19.3 Å². The standard InChI is InChI=1S/C24H32O4/c1-3-4-5-6-7-8-9-10-19-27-22-13-11-20(12-14-22)24(25)28-23-17-15-21(26-2)16-18-23/h11-18H,3-10,19H2,1-2H3. The van der Waals surface area contributed by atoms with Gasteiger partial charge in [0.25, 0.3) is 0 Å². The molecule has 0 saturated heterocycles. The second-order valence-corrected chi connectivity index (χ2v) is 6.91.